The molecule has 0 spiro atoms. The number of fused-ring (bicyclic) bond motifs is 1. The van der Waals surface area contributed by atoms with Crippen LogP contribution < -0.4 is 9.47 Å². The highest BCUT2D eigenvalue weighted by Gasteiger charge is 2.62. The Labute approximate surface area is 134 Å². The van der Waals surface area contributed by atoms with Crippen molar-refractivity contribution in [2.75, 3.05) is 0 Å². The molecule has 1 heterocycles. The van der Waals surface area contributed by atoms with E-state index in [1.54, 1.807) is 0 Å². The minimum absolute atomic E-state index is 0.00633. The number of ether oxygens (including phenoxy) is 2. The Balaban J connectivity index is 1.87. The molecule has 0 bridgehead atoms. The number of hydrogen-bond acceptors (Lipinski definition) is 2. The van der Waals surface area contributed by atoms with Gasteiger partial charge in [-0.05, 0) is 37.0 Å². The molecule has 0 amide bonds. The normalized spacial score (nSPS) is 26.5. The summed E-state index contributed by atoms with van der Waals surface area (Å²) < 4.78 is 91.8. The zero-order valence-corrected chi connectivity index (χ0v) is 12.8. The molecule has 2 aliphatic rings. The molecule has 0 unspecified atom stereocenters. The van der Waals surface area contributed by atoms with E-state index < -0.39 is 41.1 Å². The van der Waals surface area contributed by atoms with Crippen molar-refractivity contribution in [2.24, 2.45) is 11.8 Å². The second kappa shape index (κ2) is 5.46. The zero-order chi connectivity index (χ0) is 17.8. The Hall–Kier alpha value is -1.60. The van der Waals surface area contributed by atoms with Crippen molar-refractivity contribution in [3.63, 3.8) is 0 Å². The summed E-state index contributed by atoms with van der Waals surface area (Å²) >= 11 is 0. The Bertz CT molecular complexity index is 623. The summed E-state index contributed by atoms with van der Waals surface area (Å²) in [5.74, 6) is -11.1. The summed E-state index contributed by atoms with van der Waals surface area (Å²) in [6, 6.07) is 1.96. The molecule has 0 saturated heterocycles. The lowest BCUT2D eigenvalue weighted by Crippen LogP contribution is -2.45. The smallest absolute Gasteiger partial charge is 0.395 e. The molecule has 2 nitrogen and oxygen atoms in total. The van der Waals surface area contributed by atoms with Crippen LogP contribution in [0.2, 0.25) is 0 Å². The third kappa shape index (κ3) is 2.80. The van der Waals surface area contributed by atoms with E-state index in [0.717, 1.165) is 6.07 Å². The molecule has 24 heavy (non-hydrogen) atoms. The van der Waals surface area contributed by atoms with Gasteiger partial charge in [-0.25, -0.2) is 0 Å². The molecular formula is C16H16F6O2. The summed E-state index contributed by atoms with van der Waals surface area (Å²) in [6.07, 6.45) is -3.05. The molecule has 3 rings (SSSR count). The van der Waals surface area contributed by atoms with Gasteiger partial charge in [0.2, 0.25) is 0 Å². The molecule has 1 saturated carbocycles. The fourth-order valence-electron chi connectivity index (χ4n) is 3.22. The van der Waals surface area contributed by atoms with Crippen molar-refractivity contribution in [1.82, 2.24) is 0 Å². The predicted molar refractivity (Wildman–Crippen MR) is 72.6 cm³/mol. The summed E-state index contributed by atoms with van der Waals surface area (Å²) in [4.78, 5) is 0. The molecular weight excluding hydrogens is 338 g/mol. The van der Waals surface area contributed by atoms with Crippen LogP contribution in [0.3, 0.4) is 0 Å². The van der Waals surface area contributed by atoms with Gasteiger partial charge in [0.15, 0.2) is 11.5 Å². The maximum atomic E-state index is 14.4. The van der Waals surface area contributed by atoms with Crippen LogP contribution in [0.5, 0.6) is 11.5 Å². The van der Waals surface area contributed by atoms with E-state index in [1.807, 2.05) is 6.92 Å². The van der Waals surface area contributed by atoms with E-state index in [1.165, 1.54) is 0 Å². The quantitative estimate of drug-likeness (QED) is 0.662. The van der Waals surface area contributed by atoms with E-state index in [0.29, 0.717) is 25.0 Å². The van der Waals surface area contributed by atoms with Crippen LogP contribution in [-0.2, 0) is 5.92 Å². The van der Waals surface area contributed by atoms with E-state index in [9.17, 15) is 26.3 Å². The largest absolute Gasteiger partial charge is 0.586 e. The molecule has 8 heteroatoms. The van der Waals surface area contributed by atoms with Crippen LogP contribution >= 0.6 is 0 Å². The lowest BCUT2D eigenvalue weighted by atomic mass is 9.77. The van der Waals surface area contributed by atoms with Crippen molar-refractivity contribution >= 4 is 0 Å². The minimum Gasteiger partial charge on any atom is -0.395 e. The van der Waals surface area contributed by atoms with Crippen molar-refractivity contribution in [1.29, 1.82) is 0 Å². The third-order valence-corrected chi connectivity index (χ3v) is 4.71. The van der Waals surface area contributed by atoms with Gasteiger partial charge in [-0.3, -0.25) is 0 Å². The standard InChI is InChI=1S/C16H16F6O2/c1-9-2-4-10(5-3-9)14(17,18)15(19,20)11-6-7-12-13(8-11)24-16(21,22)23-12/h6-10H,2-5H2,1H3. The predicted octanol–water partition coefficient (Wildman–Crippen LogP) is 5.56. The van der Waals surface area contributed by atoms with Crippen molar-refractivity contribution in [3.05, 3.63) is 23.8 Å². The van der Waals surface area contributed by atoms with Gasteiger partial charge in [-0.15, -0.1) is 8.78 Å². The first-order valence-corrected chi connectivity index (χ1v) is 7.69. The fourth-order valence-corrected chi connectivity index (χ4v) is 3.22. The number of alkyl halides is 6. The van der Waals surface area contributed by atoms with Gasteiger partial charge < -0.3 is 9.47 Å². The Kier molecular flexibility index (Phi) is 3.92. The second-order valence-corrected chi connectivity index (χ2v) is 6.48. The Morgan fingerprint density at radius 2 is 1.54 bits per heavy atom. The van der Waals surface area contributed by atoms with Gasteiger partial charge in [-0.1, -0.05) is 19.8 Å². The van der Waals surface area contributed by atoms with Crippen LogP contribution in [0.15, 0.2) is 18.2 Å². The summed E-state index contributed by atoms with van der Waals surface area (Å²) in [5.41, 5.74) is -1.06. The van der Waals surface area contributed by atoms with Gasteiger partial charge in [0.25, 0.3) is 0 Å². The molecule has 134 valence electrons. The minimum atomic E-state index is -4.49. The average Bonchev–Trinajstić information content (AvgIpc) is 2.80. The van der Waals surface area contributed by atoms with Crippen LogP contribution in [0, 0.1) is 11.8 Å². The third-order valence-electron chi connectivity index (χ3n) is 4.71. The van der Waals surface area contributed by atoms with Crippen LogP contribution in [0.1, 0.15) is 38.2 Å². The highest BCUT2D eigenvalue weighted by atomic mass is 19.3. The molecule has 1 fully saturated rings. The van der Waals surface area contributed by atoms with E-state index in [2.05, 4.69) is 9.47 Å². The summed E-state index contributed by atoms with van der Waals surface area (Å²) in [7, 11) is 0. The van der Waals surface area contributed by atoms with Crippen molar-refractivity contribution in [3.8, 4) is 11.5 Å². The summed E-state index contributed by atoms with van der Waals surface area (Å²) in [6.45, 7) is 1.89. The zero-order valence-electron chi connectivity index (χ0n) is 12.8. The topological polar surface area (TPSA) is 18.5 Å². The molecule has 1 aliphatic heterocycles. The molecule has 0 N–H and O–H groups in total. The Morgan fingerprint density at radius 1 is 0.958 bits per heavy atom. The van der Waals surface area contributed by atoms with Gasteiger partial charge in [0, 0.05) is 11.5 Å². The monoisotopic (exact) mass is 354 g/mol. The molecule has 1 aromatic rings. The van der Waals surface area contributed by atoms with Crippen molar-refractivity contribution in [2.45, 2.75) is 50.7 Å². The first-order chi connectivity index (χ1) is 11.0. The summed E-state index contributed by atoms with van der Waals surface area (Å²) in [5, 5.41) is 0. The number of halogens is 6. The fraction of sp³-hybridized carbons (Fsp3) is 0.625. The maximum Gasteiger partial charge on any atom is 0.586 e. The average molecular weight is 354 g/mol. The second-order valence-electron chi connectivity index (χ2n) is 6.48. The highest BCUT2D eigenvalue weighted by molar-refractivity contribution is 5.46. The van der Waals surface area contributed by atoms with E-state index in [-0.39, 0.29) is 18.8 Å². The lowest BCUT2D eigenvalue weighted by molar-refractivity contribution is -0.286. The molecule has 1 aromatic carbocycles. The van der Waals surface area contributed by atoms with Crippen LogP contribution in [0.4, 0.5) is 26.3 Å². The van der Waals surface area contributed by atoms with Gasteiger partial charge in [0.1, 0.15) is 0 Å². The lowest BCUT2D eigenvalue weighted by Gasteiger charge is -2.36. The van der Waals surface area contributed by atoms with E-state index >= 15 is 0 Å². The molecule has 1 aliphatic carbocycles. The number of hydrogen-bond donors (Lipinski definition) is 0. The maximum absolute atomic E-state index is 14.4. The van der Waals surface area contributed by atoms with Crippen LogP contribution in [0.25, 0.3) is 0 Å². The number of rotatable bonds is 3. The first kappa shape index (κ1) is 17.2. The highest BCUT2D eigenvalue weighted by Crippen LogP contribution is 2.53. The number of benzene rings is 1. The van der Waals surface area contributed by atoms with Gasteiger partial charge in [0.05, 0.1) is 0 Å². The van der Waals surface area contributed by atoms with E-state index in [4.69, 9.17) is 0 Å². The van der Waals surface area contributed by atoms with Gasteiger partial charge >= 0.3 is 18.1 Å². The van der Waals surface area contributed by atoms with Crippen molar-refractivity contribution < 1.29 is 35.8 Å². The molecule has 0 radical (unpaired) electrons. The molecule has 0 aromatic heterocycles. The first-order valence-electron chi connectivity index (χ1n) is 7.69. The van der Waals surface area contributed by atoms with Gasteiger partial charge in [-0.2, -0.15) is 17.6 Å². The molecule has 0 atom stereocenters. The SMILES string of the molecule is CC1CCC(C(F)(F)C(F)(F)c2ccc3c(c2)OC(F)(F)O3)CC1. The Morgan fingerprint density at radius 3 is 2.17 bits per heavy atom. The van der Waals surface area contributed by atoms with Crippen LogP contribution in [-0.4, -0.2) is 12.2 Å².